The Bertz CT molecular complexity index is 140. The third-order valence-corrected chi connectivity index (χ3v) is 2.59. The fourth-order valence-corrected chi connectivity index (χ4v) is 1.89. The van der Waals surface area contributed by atoms with Crippen LogP contribution in [0.5, 0.6) is 0 Å². The molecule has 0 unspecified atom stereocenters. The lowest BCUT2D eigenvalue weighted by molar-refractivity contribution is 0.365. The lowest BCUT2D eigenvalue weighted by Crippen LogP contribution is -2.10. The zero-order valence-electron chi connectivity index (χ0n) is 7.37. The Labute approximate surface area is 74.1 Å². The normalized spacial score (nSPS) is 26.2. The van der Waals surface area contributed by atoms with Crippen LogP contribution in [0.4, 0.5) is 0 Å². The quantitative estimate of drug-likeness (QED) is 0.582. The molecule has 2 rings (SSSR count). The van der Waals surface area contributed by atoms with E-state index in [2.05, 4.69) is 12.1 Å². The van der Waals surface area contributed by atoms with Gasteiger partial charge in [0.25, 0.3) is 0 Å². The maximum atomic E-state index is 5.30. The van der Waals surface area contributed by atoms with E-state index in [-0.39, 0.29) is 7.12 Å². The van der Waals surface area contributed by atoms with Gasteiger partial charge in [-0.05, 0) is 18.8 Å². The fraction of sp³-hybridized carbons (Fsp3) is 0.778. The molecule has 0 radical (unpaired) electrons. The molecule has 0 spiro atoms. The summed E-state index contributed by atoms with van der Waals surface area (Å²) < 4.78 is 10.6. The number of hydrogen-bond acceptors (Lipinski definition) is 2. The van der Waals surface area contributed by atoms with E-state index in [1.807, 2.05) is 0 Å². The van der Waals surface area contributed by atoms with Gasteiger partial charge in [0.15, 0.2) is 0 Å². The van der Waals surface area contributed by atoms with Gasteiger partial charge >= 0.3 is 7.12 Å². The highest BCUT2D eigenvalue weighted by molar-refractivity contribution is 6.51. The Morgan fingerprint density at radius 3 is 2.42 bits per heavy atom. The molecule has 2 aliphatic rings. The first-order valence-electron chi connectivity index (χ1n) is 4.87. The summed E-state index contributed by atoms with van der Waals surface area (Å²) in [6.07, 6.45) is 7.75. The summed E-state index contributed by atoms with van der Waals surface area (Å²) in [5, 5.41) is 0. The van der Waals surface area contributed by atoms with Crippen molar-refractivity contribution in [3.8, 4) is 0 Å². The van der Waals surface area contributed by atoms with E-state index < -0.39 is 0 Å². The van der Waals surface area contributed by atoms with Crippen LogP contribution in [-0.2, 0) is 9.31 Å². The molecule has 1 saturated carbocycles. The molecule has 0 N–H and O–H groups in total. The molecule has 66 valence electrons. The Kier molecular flexibility index (Phi) is 2.85. The summed E-state index contributed by atoms with van der Waals surface area (Å²) in [5.41, 5.74) is 0. The lowest BCUT2D eigenvalue weighted by atomic mass is 9.88. The maximum absolute atomic E-state index is 5.30. The first-order valence-corrected chi connectivity index (χ1v) is 4.87. The van der Waals surface area contributed by atoms with Gasteiger partial charge in [-0.15, -0.1) is 0 Å². The minimum atomic E-state index is -0.0504. The molecule has 1 aliphatic heterocycles. The first kappa shape index (κ1) is 8.33. The van der Waals surface area contributed by atoms with Crippen LogP contribution in [0.15, 0.2) is 12.1 Å². The lowest BCUT2D eigenvalue weighted by Gasteiger charge is -2.00. The second-order valence-corrected chi connectivity index (χ2v) is 3.54. The Morgan fingerprint density at radius 1 is 1.08 bits per heavy atom. The van der Waals surface area contributed by atoms with Crippen LogP contribution in [-0.4, -0.2) is 20.3 Å². The summed E-state index contributed by atoms with van der Waals surface area (Å²) >= 11 is 0. The van der Waals surface area contributed by atoms with Gasteiger partial charge < -0.3 is 9.31 Å². The standard InChI is InChI=1S/C9H15BO2/c1-2-4-9(3-1)5-6-10-11-7-8-12-10/h5-6,9H,1-4,7-8H2/b6-5+. The fourth-order valence-electron chi connectivity index (χ4n) is 1.89. The summed E-state index contributed by atoms with van der Waals surface area (Å²) in [5.74, 6) is 2.86. The zero-order chi connectivity index (χ0) is 8.23. The summed E-state index contributed by atoms with van der Waals surface area (Å²) in [4.78, 5) is 0. The van der Waals surface area contributed by atoms with Crippen molar-refractivity contribution in [3.05, 3.63) is 12.1 Å². The van der Waals surface area contributed by atoms with E-state index in [0.717, 1.165) is 19.1 Å². The van der Waals surface area contributed by atoms with Gasteiger partial charge in [0, 0.05) is 0 Å². The second-order valence-electron chi connectivity index (χ2n) is 3.54. The van der Waals surface area contributed by atoms with Crippen LogP contribution in [0.1, 0.15) is 25.7 Å². The van der Waals surface area contributed by atoms with Crippen molar-refractivity contribution in [3.63, 3.8) is 0 Å². The van der Waals surface area contributed by atoms with Crippen LogP contribution < -0.4 is 0 Å². The van der Waals surface area contributed by atoms with Crippen molar-refractivity contribution in [2.75, 3.05) is 13.2 Å². The maximum Gasteiger partial charge on any atom is 0.485 e. The molecule has 0 atom stereocenters. The van der Waals surface area contributed by atoms with E-state index in [1.165, 1.54) is 25.7 Å². The molecular weight excluding hydrogens is 151 g/mol. The van der Waals surface area contributed by atoms with Gasteiger partial charge in [0.05, 0.1) is 13.2 Å². The molecule has 3 heteroatoms. The molecule has 1 aliphatic carbocycles. The monoisotopic (exact) mass is 166 g/mol. The van der Waals surface area contributed by atoms with Crippen molar-refractivity contribution in [2.45, 2.75) is 25.7 Å². The van der Waals surface area contributed by atoms with Crippen LogP contribution in [0.3, 0.4) is 0 Å². The average molecular weight is 166 g/mol. The van der Waals surface area contributed by atoms with Gasteiger partial charge in [-0.25, -0.2) is 0 Å². The first-order chi connectivity index (χ1) is 5.95. The average Bonchev–Trinajstić information content (AvgIpc) is 2.74. The van der Waals surface area contributed by atoms with Crippen molar-refractivity contribution in [1.82, 2.24) is 0 Å². The largest absolute Gasteiger partial charge is 0.485 e. The van der Waals surface area contributed by atoms with E-state index >= 15 is 0 Å². The number of allylic oxidation sites excluding steroid dienone is 1. The smallest absolute Gasteiger partial charge is 0.405 e. The van der Waals surface area contributed by atoms with E-state index in [1.54, 1.807) is 0 Å². The molecule has 0 aromatic carbocycles. The van der Waals surface area contributed by atoms with Crippen LogP contribution in [0.2, 0.25) is 0 Å². The highest BCUT2D eigenvalue weighted by atomic mass is 16.6. The van der Waals surface area contributed by atoms with Crippen molar-refractivity contribution >= 4 is 7.12 Å². The van der Waals surface area contributed by atoms with E-state index in [9.17, 15) is 0 Å². The molecule has 0 amide bonds. The molecule has 0 aromatic heterocycles. The second kappa shape index (κ2) is 4.10. The summed E-state index contributed by atoms with van der Waals surface area (Å²) in [6, 6.07) is 0. The minimum absolute atomic E-state index is 0.0504. The topological polar surface area (TPSA) is 18.5 Å². The number of rotatable bonds is 2. The van der Waals surface area contributed by atoms with Gasteiger partial charge in [0.2, 0.25) is 0 Å². The highest BCUT2D eigenvalue weighted by Crippen LogP contribution is 2.25. The zero-order valence-corrected chi connectivity index (χ0v) is 7.37. The van der Waals surface area contributed by atoms with Crippen LogP contribution in [0.25, 0.3) is 0 Å². The summed E-state index contributed by atoms with van der Waals surface area (Å²) in [6.45, 7) is 1.50. The Hall–Kier alpha value is -0.275. The van der Waals surface area contributed by atoms with Crippen LogP contribution >= 0.6 is 0 Å². The van der Waals surface area contributed by atoms with Crippen molar-refractivity contribution in [1.29, 1.82) is 0 Å². The van der Waals surface area contributed by atoms with E-state index in [4.69, 9.17) is 9.31 Å². The van der Waals surface area contributed by atoms with Gasteiger partial charge in [0.1, 0.15) is 0 Å². The van der Waals surface area contributed by atoms with Gasteiger partial charge in [-0.3, -0.25) is 0 Å². The highest BCUT2D eigenvalue weighted by Gasteiger charge is 2.20. The van der Waals surface area contributed by atoms with Crippen LogP contribution in [0, 0.1) is 5.92 Å². The molecule has 2 fully saturated rings. The summed E-state index contributed by atoms with van der Waals surface area (Å²) in [7, 11) is -0.0504. The molecule has 0 bridgehead atoms. The van der Waals surface area contributed by atoms with Gasteiger partial charge in [-0.2, -0.15) is 0 Å². The molecule has 0 aromatic rings. The third kappa shape index (κ3) is 2.11. The van der Waals surface area contributed by atoms with Gasteiger partial charge in [-0.1, -0.05) is 24.9 Å². The third-order valence-electron chi connectivity index (χ3n) is 2.59. The molecule has 1 heterocycles. The van der Waals surface area contributed by atoms with Crippen molar-refractivity contribution < 1.29 is 9.31 Å². The predicted molar refractivity (Wildman–Crippen MR) is 48.8 cm³/mol. The number of hydrogen-bond donors (Lipinski definition) is 0. The molecule has 2 nitrogen and oxygen atoms in total. The molecule has 1 saturated heterocycles. The van der Waals surface area contributed by atoms with Crippen molar-refractivity contribution in [2.24, 2.45) is 5.92 Å². The Balaban J connectivity index is 1.75. The van der Waals surface area contributed by atoms with E-state index in [0.29, 0.717) is 0 Å². The predicted octanol–water partition coefficient (Wildman–Crippen LogP) is 1.81. The SMILES string of the molecule is C(=C\C1CCCC1)/B1OCCO1. The minimum Gasteiger partial charge on any atom is -0.405 e. The molecule has 12 heavy (non-hydrogen) atoms. The molecular formula is C9H15BO2. The Morgan fingerprint density at radius 2 is 1.75 bits per heavy atom.